The van der Waals surface area contributed by atoms with E-state index in [4.69, 9.17) is 10.5 Å². The summed E-state index contributed by atoms with van der Waals surface area (Å²) < 4.78 is 5.45. The highest BCUT2D eigenvalue weighted by Crippen LogP contribution is 2.56. The largest absolute Gasteiger partial charge is 0.497 e. The standard InChI is InChI=1S/C21H31N3O4/c1-13-5-6-16(28-4)11-17(13)20-9-10-24(3)14(2)21(20,27)8-7-15(12-20)18(25)23-19(22)26/h5-6,11,14-15,27H,7-10,12H2,1-4H3,(H3,22,23,25,26). The molecule has 4 N–H and O–H groups in total. The first-order chi connectivity index (χ1) is 13.1. The van der Waals surface area contributed by atoms with Crippen LogP contribution in [0.2, 0.25) is 0 Å². The number of urea groups is 1. The van der Waals surface area contributed by atoms with Gasteiger partial charge in [-0.2, -0.15) is 0 Å². The lowest BCUT2D eigenvalue weighted by atomic mass is 9.51. The van der Waals surface area contributed by atoms with Gasteiger partial charge in [0, 0.05) is 17.4 Å². The molecule has 0 aromatic heterocycles. The Morgan fingerprint density at radius 2 is 2.07 bits per heavy atom. The molecule has 1 aromatic rings. The van der Waals surface area contributed by atoms with Crippen molar-refractivity contribution >= 4 is 11.9 Å². The predicted molar refractivity (Wildman–Crippen MR) is 106 cm³/mol. The lowest BCUT2D eigenvalue weighted by Gasteiger charge is -2.61. The van der Waals surface area contributed by atoms with Crippen molar-refractivity contribution in [1.82, 2.24) is 10.2 Å². The van der Waals surface area contributed by atoms with Gasteiger partial charge in [-0.1, -0.05) is 6.07 Å². The number of ether oxygens (including phenoxy) is 1. The number of benzene rings is 1. The number of hydrogen-bond donors (Lipinski definition) is 3. The van der Waals surface area contributed by atoms with E-state index in [1.54, 1.807) is 7.11 Å². The highest BCUT2D eigenvalue weighted by atomic mass is 16.5. The molecule has 1 aromatic carbocycles. The molecule has 0 bridgehead atoms. The molecule has 7 nitrogen and oxygen atoms in total. The van der Waals surface area contributed by atoms with Crippen LogP contribution in [0.5, 0.6) is 5.75 Å². The summed E-state index contributed by atoms with van der Waals surface area (Å²) in [6.07, 6.45) is 2.18. The minimum atomic E-state index is -0.985. The SMILES string of the molecule is COc1ccc(C)c(C23CCN(C)C(C)C2(O)CCC(C(=O)NC(N)=O)C3)c1. The van der Waals surface area contributed by atoms with Crippen molar-refractivity contribution in [3.05, 3.63) is 29.3 Å². The van der Waals surface area contributed by atoms with Gasteiger partial charge in [0.2, 0.25) is 5.91 Å². The molecule has 3 amide bonds. The predicted octanol–water partition coefficient (Wildman–Crippen LogP) is 1.69. The van der Waals surface area contributed by atoms with E-state index in [-0.39, 0.29) is 17.9 Å². The van der Waals surface area contributed by atoms with Crippen LogP contribution in [-0.4, -0.2) is 54.3 Å². The first kappa shape index (κ1) is 20.6. The lowest BCUT2D eigenvalue weighted by molar-refractivity contribution is -0.162. The number of imide groups is 1. The third-order valence-electron chi connectivity index (χ3n) is 7.12. The zero-order valence-corrected chi connectivity index (χ0v) is 17.1. The molecule has 7 heteroatoms. The van der Waals surface area contributed by atoms with Crippen molar-refractivity contribution in [2.45, 2.75) is 56.6 Å². The zero-order chi connectivity index (χ0) is 20.7. The number of likely N-dealkylation sites (N-methyl/N-ethyl adjacent to an activating group) is 1. The summed E-state index contributed by atoms with van der Waals surface area (Å²) in [7, 11) is 3.65. The van der Waals surface area contributed by atoms with Crippen molar-refractivity contribution in [1.29, 1.82) is 0 Å². The van der Waals surface area contributed by atoms with Gasteiger partial charge in [0.15, 0.2) is 0 Å². The minimum absolute atomic E-state index is 0.0630. The number of primary amides is 1. The number of likely N-dealkylation sites (tertiary alicyclic amines) is 1. The third-order valence-corrected chi connectivity index (χ3v) is 7.12. The number of amides is 3. The number of nitrogens with zero attached hydrogens (tertiary/aromatic N) is 1. The first-order valence-corrected chi connectivity index (χ1v) is 9.82. The van der Waals surface area contributed by atoms with Crippen molar-refractivity contribution in [3.63, 3.8) is 0 Å². The summed E-state index contributed by atoms with van der Waals surface area (Å²) in [6.45, 7) is 4.89. The Hall–Kier alpha value is -2.12. The van der Waals surface area contributed by atoms with Gasteiger partial charge in [0.1, 0.15) is 5.75 Å². The van der Waals surface area contributed by atoms with E-state index in [1.165, 1.54) is 0 Å². The quantitative estimate of drug-likeness (QED) is 0.730. The Labute approximate surface area is 166 Å². The van der Waals surface area contributed by atoms with Crippen molar-refractivity contribution < 1.29 is 19.4 Å². The summed E-state index contributed by atoms with van der Waals surface area (Å²) >= 11 is 0. The normalized spacial score (nSPS) is 33.0. The Kier molecular flexibility index (Phi) is 5.42. The second-order valence-electron chi connectivity index (χ2n) is 8.39. The number of hydrogen-bond acceptors (Lipinski definition) is 5. The summed E-state index contributed by atoms with van der Waals surface area (Å²) in [6, 6.07) is 5.00. The van der Waals surface area contributed by atoms with Crippen LogP contribution in [0, 0.1) is 12.8 Å². The Morgan fingerprint density at radius 1 is 1.36 bits per heavy atom. The second kappa shape index (κ2) is 7.37. The van der Waals surface area contributed by atoms with E-state index in [9.17, 15) is 14.7 Å². The zero-order valence-electron chi connectivity index (χ0n) is 17.1. The number of nitrogens with one attached hydrogen (secondary N) is 1. The molecular weight excluding hydrogens is 358 g/mol. The first-order valence-electron chi connectivity index (χ1n) is 9.82. The fraction of sp³-hybridized carbons (Fsp3) is 0.619. The smallest absolute Gasteiger partial charge is 0.318 e. The summed E-state index contributed by atoms with van der Waals surface area (Å²) in [5.41, 5.74) is 5.65. The molecule has 154 valence electrons. The third kappa shape index (κ3) is 3.16. The van der Waals surface area contributed by atoms with E-state index in [1.807, 2.05) is 39.1 Å². The number of fused-ring (bicyclic) bond motifs is 1. The molecule has 2 fully saturated rings. The number of methoxy groups -OCH3 is 1. The average Bonchev–Trinajstić information content (AvgIpc) is 2.65. The number of aliphatic hydroxyl groups is 1. The summed E-state index contributed by atoms with van der Waals surface area (Å²) in [5, 5.41) is 14.2. The fourth-order valence-corrected chi connectivity index (χ4v) is 5.35. The van der Waals surface area contributed by atoms with Crippen LogP contribution < -0.4 is 15.8 Å². The van der Waals surface area contributed by atoms with Gasteiger partial charge in [-0.25, -0.2) is 4.79 Å². The molecule has 2 aliphatic rings. The van der Waals surface area contributed by atoms with E-state index in [2.05, 4.69) is 10.2 Å². The van der Waals surface area contributed by atoms with Gasteiger partial charge >= 0.3 is 6.03 Å². The van der Waals surface area contributed by atoms with Gasteiger partial charge in [0.25, 0.3) is 0 Å². The van der Waals surface area contributed by atoms with Crippen molar-refractivity contribution in [2.75, 3.05) is 20.7 Å². The van der Waals surface area contributed by atoms with E-state index in [0.717, 1.165) is 29.8 Å². The number of piperidine rings is 1. The molecule has 4 atom stereocenters. The van der Waals surface area contributed by atoms with Gasteiger partial charge in [-0.3, -0.25) is 10.1 Å². The molecular formula is C21H31N3O4. The van der Waals surface area contributed by atoms with Crippen LogP contribution in [-0.2, 0) is 10.2 Å². The highest BCUT2D eigenvalue weighted by Gasteiger charge is 2.61. The van der Waals surface area contributed by atoms with E-state index < -0.39 is 17.0 Å². The van der Waals surface area contributed by atoms with Crippen LogP contribution in [0.25, 0.3) is 0 Å². The van der Waals surface area contributed by atoms with E-state index >= 15 is 0 Å². The average molecular weight is 389 g/mol. The Morgan fingerprint density at radius 3 is 2.71 bits per heavy atom. The number of nitrogens with two attached hydrogens (primary N) is 1. The van der Waals surface area contributed by atoms with Gasteiger partial charge in [-0.15, -0.1) is 0 Å². The molecule has 1 saturated carbocycles. The van der Waals surface area contributed by atoms with Crippen LogP contribution in [0.15, 0.2) is 18.2 Å². The lowest BCUT2D eigenvalue weighted by Crippen LogP contribution is -2.69. The number of rotatable bonds is 3. The Bertz CT molecular complexity index is 783. The topological polar surface area (TPSA) is 105 Å². The van der Waals surface area contributed by atoms with Crippen LogP contribution >= 0.6 is 0 Å². The second-order valence-corrected chi connectivity index (χ2v) is 8.39. The number of aryl methyl sites for hydroxylation is 1. The number of carbonyl (C=O) groups excluding carboxylic acids is 2. The summed E-state index contributed by atoms with van der Waals surface area (Å²) in [5.74, 6) is -0.0114. The summed E-state index contributed by atoms with van der Waals surface area (Å²) in [4.78, 5) is 26.0. The fourth-order valence-electron chi connectivity index (χ4n) is 5.35. The van der Waals surface area contributed by atoms with Gasteiger partial charge in [-0.05, 0) is 76.4 Å². The van der Waals surface area contributed by atoms with E-state index in [0.29, 0.717) is 19.3 Å². The molecule has 1 aliphatic carbocycles. The molecule has 1 aliphatic heterocycles. The molecule has 1 heterocycles. The van der Waals surface area contributed by atoms with Crippen LogP contribution in [0.4, 0.5) is 4.79 Å². The molecule has 1 saturated heterocycles. The van der Waals surface area contributed by atoms with Gasteiger partial charge < -0.3 is 20.5 Å². The van der Waals surface area contributed by atoms with Crippen molar-refractivity contribution in [3.8, 4) is 5.75 Å². The van der Waals surface area contributed by atoms with Crippen LogP contribution in [0.1, 0.15) is 43.7 Å². The number of carbonyl (C=O) groups is 2. The molecule has 0 radical (unpaired) electrons. The maximum absolute atomic E-state index is 12.6. The Balaban J connectivity index is 2.11. The van der Waals surface area contributed by atoms with Crippen molar-refractivity contribution in [2.24, 2.45) is 11.7 Å². The molecule has 3 rings (SSSR count). The van der Waals surface area contributed by atoms with Crippen LogP contribution in [0.3, 0.4) is 0 Å². The monoisotopic (exact) mass is 389 g/mol. The maximum Gasteiger partial charge on any atom is 0.318 e. The molecule has 4 unspecified atom stereocenters. The van der Waals surface area contributed by atoms with Gasteiger partial charge in [0.05, 0.1) is 12.7 Å². The molecule has 0 spiro atoms. The molecule has 28 heavy (non-hydrogen) atoms. The minimum Gasteiger partial charge on any atom is -0.497 e. The highest BCUT2D eigenvalue weighted by molar-refractivity contribution is 5.94. The maximum atomic E-state index is 12.6.